The van der Waals surface area contributed by atoms with Gasteiger partial charge in [-0.2, -0.15) is 0 Å². The number of aryl methyl sites for hydroxylation is 1. The first kappa shape index (κ1) is 17.1. The molecule has 0 radical (unpaired) electrons. The molecule has 0 aromatic carbocycles. The van der Waals surface area contributed by atoms with Crippen LogP contribution in [0.2, 0.25) is 0 Å². The van der Waals surface area contributed by atoms with Crippen LogP contribution in [0.15, 0.2) is 19.0 Å². The van der Waals surface area contributed by atoms with Gasteiger partial charge in [0.15, 0.2) is 0 Å². The molecule has 0 fully saturated rings. The minimum absolute atomic E-state index is 0.946. The average molecular weight is 222 g/mol. The minimum atomic E-state index is 0.946. The number of nitrogens with zero attached hydrogens (tertiary/aromatic N) is 2. The Hall–Kier alpha value is -1.31. The van der Waals surface area contributed by atoms with Crippen LogP contribution in [0.1, 0.15) is 52.4 Å². The quantitative estimate of drug-likeness (QED) is 0.734. The Balaban J connectivity index is 0. The van der Waals surface area contributed by atoms with Crippen LogP contribution in [0.25, 0.3) is 12.2 Å². The second kappa shape index (κ2) is 11.8. The molecule has 0 aliphatic heterocycles. The Kier molecular flexibility index (Phi) is 12.6. The van der Waals surface area contributed by atoms with E-state index < -0.39 is 0 Å². The summed E-state index contributed by atoms with van der Waals surface area (Å²) in [4.78, 5) is 4.18. The monoisotopic (exact) mass is 222 g/mol. The van der Waals surface area contributed by atoms with Crippen molar-refractivity contribution in [2.24, 2.45) is 7.05 Å². The molecule has 1 rings (SSSR count). The second-order valence-corrected chi connectivity index (χ2v) is 2.64. The van der Waals surface area contributed by atoms with Crippen molar-refractivity contribution < 1.29 is 0 Å². The highest BCUT2D eigenvalue weighted by Gasteiger charge is 1.99. The lowest BCUT2D eigenvalue weighted by molar-refractivity contribution is 0.901. The highest BCUT2D eigenvalue weighted by atomic mass is 15.0. The van der Waals surface area contributed by atoms with Gasteiger partial charge in [0.25, 0.3) is 0 Å². The molecule has 0 saturated carbocycles. The van der Waals surface area contributed by atoms with Gasteiger partial charge in [-0.3, -0.25) is 0 Å². The largest absolute Gasteiger partial charge is 0.334 e. The zero-order valence-corrected chi connectivity index (χ0v) is 11.6. The lowest BCUT2D eigenvalue weighted by Gasteiger charge is -1.95. The van der Waals surface area contributed by atoms with E-state index in [0.29, 0.717) is 0 Å². The van der Waals surface area contributed by atoms with Gasteiger partial charge in [-0.1, -0.05) is 47.3 Å². The number of rotatable bonds is 3. The van der Waals surface area contributed by atoms with Crippen molar-refractivity contribution >= 4 is 12.2 Å². The fourth-order valence-corrected chi connectivity index (χ4v) is 1.05. The van der Waals surface area contributed by atoms with Crippen LogP contribution in [-0.4, -0.2) is 9.55 Å². The zero-order chi connectivity index (χ0) is 13.0. The van der Waals surface area contributed by atoms with Gasteiger partial charge < -0.3 is 4.57 Å². The van der Waals surface area contributed by atoms with Crippen LogP contribution in [0, 0.1) is 0 Å². The molecule has 0 unspecified atom stereocenters. The molecule has 0 spiro atoms. The molecule has 0 aliphatic carbocycles. The maximum Gasteiger partial charge on any atom is 0.0955 e. The van der Waals surface area contributed by atoms with E-state index in [1.807, 2.05) is 39.3 Å². The Labute approximate surface area is 101 Å². The van der Waals surface area contributed by atoms with E-state index in [1.165, 1.54) is 0 Å². The lowest BCUT2D eigenvalue weighted by Crippen LogP contribution is -1.88. The van der Waals surface area contributed by atoms with Crippen LogP contribution in [0.4, 0.5) is 0 Å². The maximum atomic E-state index is 4.18. The van der Waals surface area contributed by atoms with Gasteiger partial charge in [0.2, 0.25) is 0 Å². The average Bonchev–Trinajstić information content (AvgIpc) is 2.72. The van der Waals surface area contributed by atoms with Crippen LogP contribution in [0.3, 0.4) is 0 Å². The fourth-order valence-electron chi connectivity index (χ4n) is 1.05. The van der Waals surface area contributed by atoms with Crippen molar-refractivity contribution in [1.29, 1.82) is 0 Å². The fraction of sp³-hybridized carbons (Fsp3) is 0.500. The van der Waals surface area contributed by atoms with Gasteiger partial charge in [-0.15, -0.1) is 0 Å². The molecule has 16 heavy (non-hydrogen) atoms. The topological polar surface area (TPSA) is 17.8 Å². The highest BCUT2D eigenvalue weighted by Crippen LogP contribution is 2.09. The van der Waals surface area contributed by atoms with Crippen molar-refractivity contribution in [2.75, 3.05) is 0 Å². The minimum Gasteiger partial charge on any atom is -0.334 e. The zero-order valence-electron chi connectivity index (χ0n) is 11.6. The predicted molar refractivity (Wildman–Crippen MR) is 75.3 cm³/mol. The SMILES string of the molecule is C=Cc1ncn(C)c1/C=C\CC.CC.CC. The number of imidazole rings is 1. The molecular weight excluding hydrogens is 196 g/mol. The predicted octanol–water partition coefficient (Wildman–Crippen LogP) is 4.54. The molecule has 0 atom stereocenters. The van der Waals surface area contributed by atoms with Gasteiger partial charge >= 0.3 is 0 Å². The summed E-state index contributed by atoms with van der Waals surface area (Å²) in [7, 11) is 1.98. The molecule has 2 nitrogen and oxygen atoms in total. The first-order valence-corrected chi connectivity index (χ1v) is 6.10. The number of allylic oxidation sites excluding steroid dienone is 1. The van der Waals surface area contributed by atoms with E-state index in [-0.39, 0.29) is 0 Å². The van der Waals surface area contributed by atoms with E-state index in [2.05, 4.69) is 30.6 Å². The first-order valence-electron chi connectivity index (χ1n) is 6.10. The van der Waals surface area contributed by atoms with Crippen molar-refractivity contribution in [1.82, 2.24) is 9.55 Å². The summed E-state index contributed by atoms with van der Waals surface area (Å²) in [6.45, 7) is 13.8. The van der Waals surface area contributed by atoms with Crippen molar-refractivity contribution in [3.63, 3.8) is 0 Å². The number of aromatic nitrogens is 2. The number of hydrogen-bond donors (Lipinski definition) is 0. The van der Waals surface area contributed by atoms with E-state index in [4.69, 9.17) is 0 Å². The van der Waals surface area contributed by atoms with Gasteiger partial charge in [-0.25, -0.2) is 4.98 Å². The Bertz CT molecular complexity index is 296. The molecule has 1 aromatic rings. The van der Waals surface area contributed by atoms with Gasteiger partial charge in [-0.05, 0) is 18.6 Å². The summed E-state index contributed by atoms with van der Waals surface area (Å²) < 4.78 is 1.99. The summed E-state index contributed by atoms with van der Waals surface area (Å²) in [5.74, 6) is 0. The van der Waals surface area contributed by atoms with E-state index >= 15 is 0 Å². The maximum absolute atomic E-state index is 4.18. The molecule has 1 heterocycles. The third kappa shape index (κ3) is 5.54. The third-order valence-electron chi connectivity index (χ3n) is 1.72. The van der Waals surface area contributed by atoms with E-state index in [1.54, 1.807) is 12.4 Å². The molecule has 0 bridgehead atoms. The third-order valence-corrected chi connectivity index (χ3v) is 1.72. The summed E-state index contributed by atoms with van der Waals surface area (Å²) in [5, 5.41) is 0. The molecule has 1 aromatic heterocycles. The lowest BCUT2D eigenvalue weighted by atomic mass is 10.2. The van der Waals surface area contributed by atoms with Crippen LogP contribution >= 0.6 is 0 Å². The molecule has 0 aliphatic rings. The van der Waals surface area contributed by atoms with Crippen LogP contribution in [-0.2, 0) is 7.05 Å². The summed E-state index contributed by atoms with van der Waals surface area (Å²) in [6.07, 6.45) is 8.80. The van der Waals surface area contributed by atoms with Gasteiger partial charge in [0.1, 0.15) is 0 Å². The molecule has 0 saturated heterocycles. The van der Waals surface area contributed by atoms with Crippen molar-refractivity contribution in [3.8, 4) is 0 Å². The number of hydrogen-bond acceptors (Lipinski definition) is 1. The Morgan fingerprint density at radius 2 is 1.88 bits per heavy atom. The van der Waals surface area contributed by atoms with Gasteiger partial charge in [0.05, 0.1) is 17.7 Å². The Morgan fingerprint density at radius 1 is 1.31 bits per heavy atom. The smallest absolute Gasteiger partial charge is 0.0955 e. The van der Waals surface area contributed by atoms with Gasteiger partial charge in [0, 0.05) is 7.05 Å². The molecule has 2 heteroatoms. The summed E-state index contributed by atoms with van der Waals surface area (Å²) in [5.41, 5.74) is 2.06. The first-order chi connectivity index (χ1) is 7.79. The standard InChI is InChI=1S/C10H14N2.2C2H6/c1-4-6-7-10-9(5-2)11-8-12(10)3;2*1-2/h5-8H,2,4H2,1,3H3;2*1-2H3/b7-6-;;. The molecular formula is C14H26N2. The normalized spacial score (nSPS) is 8.88. The van der Waals surface area contributed by atoms with Crippen LogP contribution in [0.5, 0.6) is 0 Å². The Morgan fingerprint density at radius 3 is 2.31 bits per heavy atom. The summed E-state index contributed by atoms with van der Waals surface area (Å²) >= 11 is 0. The highest BCUT2D eigenvalue weighted by molar-refractivity contribution is 5.58. The second-order valence-electron chi connectivity index (χ2n) is 2.64. The molecule has 0 amide bonds. The van der Waals surface area contributed by atoms with Crippen LogP contribution < -0.4 is 0 Å². The molecule has 0 N–H and O–H groups in total. The van der Waals surface area contributed by atoms with Crippen molar-refractivity contribution in [2.45, 2.75) is 41.0 Å². The summed E-state index contributed by atoms with van der Waals surface area (Å²) in [6, 6.07) is 0. The van der Waals surface area contributed by atoms with E-state index in [9.17, 15) is 0 Å². The van der Waals surface area contributed by atoms with Crippen molar-refractivity contribution in [3.05, 3.63) is 30.4 Å². The molecule has 92 valence electrons. The van der Waals surface area contributed by atoms with E-state index in [0.717, 1.165) is 17.8 Å².